The first-order valence-electron chi connectivity index (χ1n) is 5.23. The molecular formula is C10H15N3O3S. The fourth-order valence-electron chi connectivity index (χ4n) is 1.15. The number of nitrogens with zero attached hydrogens (tertiary/aromatic N) is 1. The Kier molecular flexibility index (Phi) is 4.89. The molecule has 0 aliphatic carbocycles. The summed E-state index contributed by atoms with van der Waals surface area (Å²) in [5, 5.41) is 14.1. The van der Waals surface area contributed by atoms with E-state index in [1.54, 1.807) is 13.1 Å². The summed E-state index contributed by atoms with van der Waals surface area (Å²) in [6.07, 6.45) is 2.70. The van der Waals surface area contributed by atoms with Crippen LogP contribution in [0.15, 0.2) is 6.20 Å². The van der Waals surface area contributed by atoms with Crippen molar-refractivity contribution >= 4 is 23.3 Å². The van der Waals surface area contributed by atoms with E-state index in [1.807, 2.05) is 6.92 Å². The molecule has 3 N–H and O–H groups in total. The number of amides is 2. The van der Waals surface area contributed by atoms with Gasteiger partial charge in [-0.05, 0) is 13.3 Å². The molecule has 7 heteroatoms. The lowest BCUT2D eigenvalue weighted by atomic mass is 10.3. The molecule has 1 unspecified atom stereocenters. The van der Waals surface area contributed by atoms with Gasteiger partial charge in [0.1, 0.15) is 11.6 Å². The Bertz CT molecular complexity index is 405. The molecule has 17 heavy (non-hydrogen) atoms. The summed E-state index contributed by atoms with van der Waals surface area (Å²) in [7, 11) is 0. The Labute approximate surface area is 103 Å². The highest BCUT2D eigenvalue weighted by atomic mass is 32.1. The van der Waals surface area contributed by atoms with Gasteiger partial charge in [-0.3, -0.25) is 4.79 Å². The number of carbonyl (C=O) groups is 2. The highest BCUT2D eigenvalue weighted by Gasteiger charge is 2.13. The van der Waals surface area contributed by atoms with Gasteiger partial charge < -0.3 is 15.7 Å². The molecule has 94 valence electrons. The van der Waals surface area contributed by atoms with E-state index in [1.165, 1.54) is 11.3 Å². The number of carboxylic acids is 1. The second-order valence-electron chi connectivity index (χ2n) is 3.46. The lowest BCUT2D eigenvalue weighted by Gasteiger charge is -2.11. The molecule has 1 rings (SSSR count). The molecule has 1 atom stereocenters. The first-order chi connectivity index (χ1) is 8.02. The van der Waals surface area contributed by atoms with E-state index in [-0.39, 0.29) is 6.04 Å². The van der Waals surface area contributed by atoms with Gasteiger partial charge in [0.25, 0.3) is 0 Å². The number of rotatable bonds is 5. The van der Waals surface area contributed by atoms with Crippen molar-refractivity contribution in [1.29, 1.82) is 0 Å². The van der Waals surface area contributed by atoms with Gasteiger partial charge in [-0.1, -0.05) is 6.92 Å². The predicted molar refractivity (Wildman–Crippen MR) is 64.1 cm³/mol. The monoisotopic (exact) mass is 257 g/mol. The Morgan fingerprint density at radius 3 is 2.82 bits per heavy atom. The number of aliphatic carboxylic acids is 1. The second kappa shape index (κ2) is 6.19. The number of carboxylic acid groups (broad SMARTS) is 1. The number of urea groups is 1. The van der Waals surface area contributed by atoms with Crippen molar-refractivity contribution < 1.29 is 14.7 Å². The molecule has 0 aliphatic rings. The lowest BCUT2D eigenvalue weighted by Crippen LogP contribution is -2.39. The molecule has 0 aliphatic heterocycles. The number of hydrogen-bond acceptors (Lipinski definition) is 4. The van der Waals surface area contributed by atoms with E-state index in [4.69, 9.17) is 5.11 Å². The summed E-state index contributed by atoms with van der Waals surface area (Å²) in [5.74, 6) is -1.07. The van der Waals surface area contributed by atoms with Crippen molar-refractivity contribution in [3.8, 4) is 0 Å². The molecule has 0 aromatic carbocycles. The maximum absolute atomic E-state index is 11.3. The van der Waals surface area contributed by atoms with Gasteiger partial charge in [0.2, 0.25) is 0 Å². The summed E-state index contributed by atoms with van der Waals surface area (Å²) in [6.45, 7) is 3.45. The SMILES string of the molecule is CCc1cnc(C(C)NC(=O)NCC(=O)O)s1. The molecule has 1 aromatic rings. The molecule has 2 amide bonds. The highest BCUT2D eigenvalue weighted by molar-refractivity contribution is 7.11. The molecule has 0 bridgehead atoms. The third-order valence-corrected chi connectivity index (χ3v) is 3.36. The summed E-state index contributed by atoms with van der Waals surface area (Å²) in [4.78, 5) is 26.9. The second-order valence-corrected chi connectivity index (χ2v) is 4.61. The minimum atomic E-state index is -1.07. The normalized spacial score (nSPS) is 11.9. The van der Waals surface area contributed by atoms with E-state index in [2.05, 4.69) is 15.6 Å². The van der Waals surface area contributed by atoms with Crippen LogP contribution in [0.5, 0.6) is 0 Å². The van der Waals surface area contributed by atoms with Crippen LogP contribution in [0.2, 0.25) is 0 Å². The smallest absolute Gasteiger partial charge is 0.323 e. The first kappa shape index (κ1) is 13.4. The van der Waals surface area contributed by atoms with Crippen molar-refractivity contribution in [3.63, 3.8) is 0 Å². The van der Waals surface area contributed by atoms with Gasteiger partial charge in [0.15, 0.2) is 0 Å². The van der Waals surface area contributed by atoms with Crippen LogP contribution in [0, 0.1) is 0 Å². The van der Waals surface area contributed by atoms with Crippen LogP contribution >= 0.6 is 11.3 Å². The van der Waals surface area contributed by atoms with Gasteiger partial charge in [-0.2, -0.15) is 0 Å². The van der Waals surface area contributed by atoms with Crippen LogP contribution in [-0.4, -0.2) is 28.6 Å². The van der Waals surface area contributed by atoms with E-state index >= 15 is 0 Å². The largest absolute Gasteiger partial charge is 0.480 e. The minimum Gasteiger partial charge on any atom is -0.480 e. The quantitative estimate of drug-likeness (QED) is 0.738. The zero-order chi connectivity index (χ0) is 12.8. The summed E-state index contributed by atoms with van der Waals surface area (Å²) >= 11 is 1.54. The van der Waals surface area contributed by atoms with Crippen molar-refractivity contribution in [2.24, 2.45) is 0 Å². The molecule has 0 fully saturated rings. The zero-order valence-electron chi connectivity index (χ0n) is 9.69. The Balaban J connectivity index is 2.45. The number of thiazole rings is 1. The fraction of sp³-hybridized carbons (Fsp3) is 0.500. The van der Waals surface area contributed by atoms with Crippen LogP contribution in [0.3, 0.4) is 0 Å². The van der Waals surface area contributed by atoms with Gasteiger partial charge in [-0.15, -0.1) is 11.3 Å². The third-order valence-electron chi connectivity index (χ3n) is 2.04. The van der Waals surface area contributed by atoms with E-state index in [0.717, 1.165) is 16.3 Å². The van der Waals surface area contributed by atoms with Crippen LogP contribution in [0.1, 0.15) is 29.8 Å². The number of hydrogen-bond donors (Lipinski definition) is 3. The maximum atomic E-state index is 11.3. The van der Waals surface area contributed by atoms with Gasteiger partial charge in [0.05, 0.1) is 6.04 Å². The minimum absolute atomic E-state index is 0.228. The average Bonchev–Trinajstić information content (AvgIpc) is 2.74. The van der Waals surface area contributed by atoms with Crippen LogP contribution in [-0.2, 0) is 11.2 Å². The Morgan fingerprint density at radius 1 is 1.59 bits per heavy atom. The molecular weight excluding hydrogens is 242 g/mol. The van der Waals surface area contributed by atoms with Gasteiger partial charge in [0, 0.05) is 11.1 Å². The molecule has 1 aromatic heterocycles. The molecule has 0 radical (unpaired) electrons. The fourth-order valence-corrected chi connectivity index (χ4v) is 2.01. The van der Waals surface area contributed by atoms with Crippen molar-refractivity contribution in [1.82, 2.24) is 15.6 Å². The summed E-state index contributed by atoms with van der Waals surface area (Å²) < 4.78 is 0. The highest BCUT2D eigenvalue weighted by Crippen LogP contribution is 2.19. The summed E-state index contributed by atoms with van der Waals surface area (Å²) in [5.41, 5.74) is 0. The van der Waals surface area contributed by atoms with Crippen molar-refractivity contribution in [2.45, 2.75) is 26.3 Å². The summed E-state index contributed by atoms with van der Waals surface area (Å²) in [6, 6.07) is -0.734. The molecule has 1 heterocycles. The van der Waals surface area contributed by atoms with E-state index in [0.29, 0.717) is 0 Å². The Morgan fingerprint density at radius 2 is 2.29 bits per heavy atom. The first-order valence-corrected chi connectivity index (χ1v) is 6.05. The third kappa shape index (κ3) is 4.39. The van der Waals surface area contributed by atoms with Gasteiger partial charge >= 0.3 is 12.0 Å². The number of carbonyl (C=O) groups excluding carboxylic acids is 1. The standard InChI is InChI=1S/C10H15N3O3S/c1-3-7-4-11-9(17-7)6(2)13-10(16)12-5-8(14)15/h4,6H,3,5H2,1-2H3,(H,14,15)(H2,12,13,16). The van der Waals surface area contributed by atoms with Crippen molar-refractivity contribution in [3.05, 3.63) is 16.1 Å². The topological polar surface area (TPSA) is 91.3 Å². The van der Waals surface area contributed by atoms with Crippen LogP contribution in [0.25, 0.3) is 0 Å². The van der Waals surface area contributed by atoms with E-state index < -0.39 is 18.5 Å². The molecule has 0 saturated carbocycles. The van der Waals surface area contributed by atoms with Crippen LogP contribution in [0.4, 0.5) is 4.79 Å². The molecule has 0 saturated heterocycles. The van der Waals surface area contributed by atoms with Crippen LogP contribution < -0.4 is 10.6 Å². The average molecular weight is 257 g/mol. The number of aryl methyl sites for hydroxylation is 1. The van der Waals surface area contributed by atoms with E-state index in [9.17, 15) is 9.59 Å². The molecule has 6 nitrogen and oxygen atoms in total. The maximum Gasteiger partial charge on any atom is 0.323 e. The number of nitrogens with one attached hydrogen (secondary N) is 2. The van der Waals surface area contributed by atoms with Crippen molar-refractivity contribution in [2.75, 3.05) is 6.54 Å². The zero-order valence-corrected chi connectivity index (χ0v) is 10.5. The molecule has 0 spiro atoms. The van der Waals surface area contributed by atoms with Gasteiger partial charge in [-0.25, -0.2) is 9.78 Å². The predicted octanol–water partition coefficient (Wildman–Crippen LogP) is 1.15. The number of aromatic nitrogens is 1. The lowest BCUT2D eigenvalue weighted by molar-refractivity contribution is -0.135. The Hall–Kier alpha value is -1.63.